The molecule has 1 aromatic rings. The molecule has 3 fully saturated rings. The molecular weight excluding hydrogens is 384 g/mol. The van der Waals surface area contributed by atoms with Gasteiger partial charge in [-0.25, -0.2) is 0 Å². The smallest absolute Gasteiger partial charge is 0.237 e. The minimum Gasteiger partial charge on any atom is -0.353 e. The molecule has 2 amide bonds. The first-order valence-corrected chi connectivity index (χ1v) is 11.6. The maximum atomic E-state index is 12.8. The van der Waals surface area contributed by atoms with Gasteiger partial charge in [0.05, 0.1) is 12.0 Å². The lowest BCUT2D eigenvalue weighted by molar-refractivity contribution is -0.129. The monoisotopic (exact) mass is 412 g/mol. The predicted octanol–water partition coefficient (Wildman–Crippen LogP) is 1.81. The van der Waals surface area contributed by atoms with Crippen LogP contribution in [0.15, 0.2) is 29.7 Å². The highest BCUT2D eigenvalue weighted by Gasteiger charge is 2.44. The first-order chi connectivity index (χ1) is 14.1. The van der Waals surface area contributed by atoms with Crippen molar-refractivity contribution in [3.63, 3.8) is 0 Å². The van der Waals surface area contributed by atoms with Crippen molar-refractivity contribution in [2.45, 2.75) is 56.2 Å². The van der Waals surface area contributed by atoms with Crippen LogP contribution in [0.1, 0.15) is 36.8 Å². The summed E-state index contributed by atoms with van der Waals surface area (Å²) < 4.78 is 0. The molecule has 1 aromatic carbocycles. The van der Waals surface area contributed by atoms with Crippen LogP contribution in [-0.4, -0.2) is 53.4 Å². The highest BCUT2D eigenvalue weighted by Crippen LogP contribution is 2.39. The molecule has 3 aliphatic heterocycles. The number of fused-ring (bicyclic) bond motifs is 1. The Morgan fingerprint density at radius 3 is 2.86 bits per heavy atom. The number of rotatable bonds is 4. The number of piperidine rings is 1. The number of likely N-dealkylation sites (tertiary alicyclic amines) is 1. The van der Waals surface area contributed by atoms with E-state index in [4.69, 9.17) is 0 Å². The van der Waals surface area contributed by atoms with Crippen molar-refractivity contribution in [3.05, 3.63) is 40.8 Å². The summed E-state index contributed by atoms with van der Waals surface area (Å²) in [6, 6.07) is 8.72. The third-order valence-corrected chi connectivity index (χ3v) is 7.59. The van der Waals surface area contributed by atoms with Crippen molar-refractivity contribution in [3.8, 4) is 0 Å². The lowest BCUT2D eigenvalue weighted by Gasteiger charge is -2.43. The minimum absolute atomic E-state index is 0.00473. The average molecular weight is 413 g/mol. The summed E-state index contributed by atoms with van der Waals surface area (Å²) in [5, 5.41) is 12.0. The fourth-order valence-electron chi connectivity index (χ4n) is 4.61. The molecule has 6 nitrogen and oxygen atoms in total. The largest absolute Gasteiger partial charge is 0.353 e. The summed E-state index contributed by atoms with van der Waals surface area (Å²) in [6.45, 7) is 3.69. The lowest BCUT2D eigenvalue weighted by Crippen LogP contribution is -2.69. The molecule has 0 spiro atoms. The van der Waals surface area contributed by atoms with Gasteiger partial charge in [0, 0.05) is 19.1 Å². The number of carbonyl (C=O) groups excluding carboxylic acids is 2. The SMILES string of the molecule is Cc1ccccc1C1=CSC2C(=O)NC(N3CCCC(C(=O)NC4CC4)C3)NC12. The zero-order chi connectivity index (χ0) is 20.0. The molecule has 2 saturated heterocycles. The molecule has 1 aliphatic carbocycles. The Bertz CT molecular complexity index is 853. The highest BCUT2D eigenvalue weighted by molar-refractivity contribution is 8.04. The molecule has 3 N–H and O–H groups in total. The number of aryl methyl sites for hydroxylation is 1. The predicted molar refractivity (Wildman–Crippen MR) is 115 cm³/mol. The van der Waals surface area contributed by atoms with Crippen LogP contribution < -0.4 is 16.0 Å². The maximum Gasteiger partial charge on any atom is 0.237 e. The van der Waals surface area contributed by atoms with Gasteiger partial charge in [0.2, 0.25) is 11.8 Å². The second-order valence-corrected chi connectivity index (χ2v) is 9.63. The minimum atomic E-state index is -0.230. The van der Waals surface area contributed by atoms with E-state index >= 15 is 0 Å². The number of hydrogen-bond acceptors (Lipinski definition) is 5. The molecule has 29 heavy (non-hydrogen) atoms. The number of hydrogen-bond donors (Lipinski definition) is 3. The van der Waals surface area contributed by atoms with Crippen molar-refractivity contribution in [1.82, 2.24) is 20.9 Å². The van der Waals surface area contributed by atoms with Gasteiger partial charge < -0.3 is 10.6 Å². The van der Waals surface area contributed by atoms with Crippen LogP contribution >= 0.6 is 11.8 Å². The van der Waals surface area contributed by atoms with Crippen LogP contribution in [-0.2, 0) is 9.59 Å². The molecule has 4 atom stereocenters. The Labute approximate surface area is 175 Å². The maximum absolute atomic E-state index is 12.8. The van der Waals surface area contributed by atoms with Crippen LogP contribution in [0.2, 0.25) is 0 Å². The van der Waals surface area contributed by atoms with Crippen LogP contribution in [0.25, 0.3) is 5.57 Å². The molecule has 0 bridgehead atoms. The second-order valence-electron chi connectivity index (χ2n) is 8.62. The summed E-state index contributed by atoms with van der Waals surface area (Å²) in [5.41, 5.74) is 3.62. The zero-order valence-corrected chi connectivity index (χ0v) is 17.5. The number of nitrogens with zero attached hydrogens (tertiary/aromatic N) is 1. The van der Waals surface area contributed by atoms with E-state index in [1.807, 2.05) is 6.07 Å². The van der Waals surface area contributed by atoms with E-state index in [1.165, 1.54) is 16.7 Å². The number of benzene rings is 1. The Kier molecular flexibility index (Phi) is 5.14. The molecule has 4 aliphatic rings. The standard InChI is InChI=1S/C22H28N4O2S/c1-13-5-2-3-7-16(13)17-12-29-19-18(17)24-22(25-21(19)28)26-10-4-6-14(11-26)20(27)23-15-8-9-15/h2-3,5,7,12,14-15,18-19,22,24H,4,6,8-11H2,1H3,(H,23,27)(H,25,28). The molecule has 154 valence electrons. The van der Waals surface area contributed by atoms with E-state index in [1.54, 1.807) is 11.8 Å². The third-order valence-electron chi connectivity index (χ3n) is 6.42. The Morgan fingerprint density at radius 2 is 2.07 bits per heavy atom. The van der Waals surface area contributed by atoms with Crippen LogP contribution in [0.3, 0.4) is 0 Å². The fraction of sp³-hybridized carbons (Fsp3) is 0.545. The van der Waals surface area contributed by atoms with E-state index < -0.39 is 0 Å². The van der Waals surface area contributed by atoms with Gasteiger partial charge in [-0.05, 0) is 54.7 Å². The van der Waals surface area contributed by atoms with E-state index in [0.717, 1.165) is 32.2 Å². The fourth-order valence-corrected chi connectivity index (χ4v) is 5.75. The molecule has 1 saturated carbocycles. The summed E-state index contributed by atoms with van der Waals surface area (Å²) in [6.07, 6.45) is 3.88. The third kappa shape index (κ3) is 3.83. The Hall–Kier alpha value is -1.83. The van der Waals surface area contributed by atoms with Crippen LogP contribution in [0.5, 0.6) is 0 Å². The average Bonchev–Trinajstić information content (AvgIpc) is 3.44. The van der Waals surface area contributed by atoms with Gasteiger partial charge in [0.15, 0.2) is 0 Å². The van der Waals surface area contributed by atoms with E-state index in [0.29, 0.717) is 12.6 Å². The first-order valence-electron chi connectivity index (χ1n) is 10.6. The second kappa shape index (κ2) is 7.78. The van der Waals surface area contributed by atoms with Crippen molar-refractivity contribution in [2.24, 2.45) is 5.92 Å². The molecule has 4 unspecified atom stereocenters. The van der Waals surface area contributed by atoms with Gasteiger partial charge in [-0.15, -0.1) is 11.8 Å². The molecule has 0 aromatic heterocycles. The molecular formula is C22H28N4O2S. The number of amides is 2. The number of thioether (sulfide) groups is 1. The molecule has 3 heterocycles. The summed E-state index contributed by atoms with van der Waals surface area (Å²) in [4.78, 5) is 27.6. The molecule has 0 radical (unpaired) electrons. The summed E-state index contributed by atoms with van der Waals surface area (Å²) >= 11 is 1.59. The van der Waals surface area contributed by atoms with Crippen LogP contribution in [0, 0.1) is 12.8 Å². The summed E-state index contributed by atoms with van der Waals surface area (Å²) in [7, 11) is 0. The van der Waals surface area contributed by atoms with Gasteiger partial charge >= 0.3 is 0 Å². The molecule has 7 heteroatoms. The number of carbonyl (C=O) groups is 2. The van der Waals surface area contributed by atoms with Crippen LogP contribution in [0.4, 0.5) is 0 Å². The normalized spacial score (nSPS) is 32.3. The van der Waals surface area contributed by atoms with Gasteiger partial charge in [-0.3, -0.25) is 19.8 Å². The van der Waals surface area contributed by atoms with E-state index in [-0.39, 0.29) is 35.3 Å². The van der Waals surface area contributed by atoms with E-state index in [2.05, 4.69) is 51.4 Å². The van der Waals surface area contributed by atoms with Gasteiger partial charge in [0.1, 0.15) is 11.5 Å². The number of nitrogens with one attached hydrogen (secondary N) is 3. The summed E-state index contributed by atoms with van der Waals surface area (Å²) in [5.74, 6) is 0.257. The Balaban J connectivity index is 1.30. The van der Waals surface area contributed by atoms with Crippen molar-refractivity contribution in [2.75, 3.05) is 13.1 Å². The lowest BCUT2D eigenvalue weighted by atomic mass is 9.92. The van der Waals surface area contributed by atoms with Gasteiger partial charge in [0.25, 0.3) is 0 Å². The Morgan fingerprint density at radius 1 is 1.24 bits per heavy atom. The zero-order valence-electron chi connectivity index (χ0n) is 16.7. The van der Waals surface area contributed by atoms with Crippen molar-refractivity contribution in [1.29, 1.82) is 0 Å². The van der Waals surface area contributed by atoms with Crippen molar-refractivity contribution < 1.29 is 9.59 Å². The highest BCUT2D eigenvalue weighted by atomic mass is 32.2. The van der Waals surface area contributed by atoms with Gasteiger partial charge in [-0.2, -0.15) is 0 Å². The van der Waals surface area contributed by atoms with Gasteiger partial charge in [-0.1, -0.05) is 24.3 Å². The quantitative estimate of drug-likeness (QED) is 0.704. The van der Waals surface area contributed by atoms with E-state index in [9.17, 15) is 9.59 Å². The van der Waals surface area contributed by atoms with Crippen molar-refractivity contribution >= 4 is 29.1 Å². The molecule has 5 rings (SSSR count). The first kappa shape index (κ1) is 19.2. The topological polar surface area (TPSA) is 73.5 Å².